The van der Waals surface area contributed by atoms with Gasteiger partial charge in [0.1, 0.15) is 11.6 Å². The van der Waals surface area contributed by atoms with E-state index in [9.17, 15) is 0 Å². The zero-order chi connectivity index (χ0) is 13.9. The Bertz CT molecular complexity index is 422. The van der Waals surface area contributed by atoms with Crippen molar-refractivity contribution in [2.45, 2.75) is 69.3 Å². The molecule has 1 fully saturated rings. The van der Waals surface area contributed by atoms with Crippen molar-refractivity contribution in [3.63, 3.8) is 0 Å². The molecule has 1 aliphatic carbocycles. The van der Waals surface area contributed by atoms with E-state index in [0.29, 0.717) is 11.9 Å². The summed E-state index contributed by atoms with van der Waals surface area (Å²) in [4.78, 5) is 13.3. The summed E-state index contributed by atoms with van der Waals surface area (Å²) < 4.78 is 0.215. The van der Waals surface area contributed by atoms with E-state index in [1.165, 1.54) is 32.1 Å². The maximum absolute atomic E-state index is 5.83. The van der Waals surface area contributed by atoms with Crippen LogP contribution in [0.3, 0.4) is 0 Å². The Balaban J connectivity index is 2.10. The Kier molecular flexibility index (Phi) is 4.66. The first-order valence-corrected chi connectivity index (χ1v) is 8.07. The molecular formula is C14H24N4S. The lowest BCUT2D eigenvalue weighted by atomic mass is 9.89. The summed E-state index contributed by atoms with van der Waals surface area (Å²) >= 11 is 1.84. The number of thioether (sulfide) groups is 1. The molecule has 1 saturated carbocycles. The van der Waals surface area contributed by atoms with E-state index in [2.05, 4.69) is 35.7 Å². The number of anilines is 1. The van der Waals surface area contributed by atoms with E-state index in [1.54, 1.807) is 0 Å². The van der Waals surface area contributed by atoms with Crippen LogP contribution in [0.15, 0.2) is 0 Å². The van der Waals surface area contributed by atoms with Gasteiger partial charge in [-0.15, -0.1) is 11.8 Å². The largest absolute Gasteiger partial charge is 0.368 e. The summed E-state index contributed by atoms with van der Waals surface area (Å²) in [6.07, 6.45) is 6.28. The average molecular weight is 280 g/mol. The van der Waals surface area contributed by atoms with Gasteiger partial charge in [0.25, 0.3) is 0 Å². The van der Waals surface area contributed by atoms with Gasteiger partial charge < -0.3 is 5.73 Å². The van der Waals surface area contributed by atoms with Crippen LogP contribution in [0.1, 0.15) is 70.4 Å². The number of hydrogen-bond donors (Lipinski definition) is 1. The van der Waals surface area contributed by atoms with Gasteiger partial charge in [-0.25, -0.2) is 4.98 Å². The standard InChI is InChI=1S/C14H24N4S/c1-14(2,3)19-9-11-16-12(18-13(15)17-11)10-7-5-4-6-8-10/h10H,4-9H2,1-3H3,(H2,15,16,17,18). The molecule has 0 spiro atoms. The second-order valence-corrected chi connectivity index (χ2v) is 8.01. The van der Waals surface area contributed by atoms with Crippen LogP contribution in [-0.2, 0) is 5.75 Å². The average Bonchev–Trinajstić information content (AvgIpc) is 2.36. The van der Waals surface area contributed by atoms with Gasteiger partial charge in [-0.2, -0.15) is 9.97 Å². The van der Waals surface area contributed by atoms with Gasteiger partial charge in [0, 0.05) is 10.7 Å². The molecule has 4 nitrogen and oxygen atoms in total. The molecule has 0 aromatic carbocycles. The first-order valence-electron chi connectivity index (χ1n) is 7.08. The van der Waals surface area contributed by atoms with Gasteiger partial charge in [-0.1, -0.05) is 40.0 Å². The molecule has 0 atom stereocenters. The van der Waals surface area contributed by atoms with Crippen LogP contribution < -0.4 is 5.73 Å². The summed E-state index contributed by atoms with van der Waals surface area (Å²) in [6.45, 7) is 6.60. The lowest BCUT2D eigenvalue weighted by Crippen LogP contribution is -2.14. The molecular weight excluding hydrogens is 256 g/mol. The van der Waals surface area contributed by atoms with Crippen LogP contribution in [0.25, 0.3) is 0 Å². The van der Waals surface area contributed by atoms with E-state index >= 15 is 0 Å². The van der Waals surface area contributed by atoms with Gasteiger partial charge in [0.15, 0.2) is 0 Å². The number of nitrogen functional groups attached to an aromatic ring is 1. The summed E-state index contributed by atoms with van der Waals surface area (Å²) in [5, 5.41) is 0. The van der Waals surface area contributed by atoms with Crippen molar-refractivity contribution in [2.75, 3.05) is 5.73 Å². The van der Waals surface area contributed by atoms with Crippen molar-refractivity contribution in [1.29, 1.82) is 0 Å². The minimum absolute atomic E-state index is 0.215. The highest BCUT2D eigenvalue weighted by atomic mass is 32.2. The number of hydrogen-bond acceptors (Lipinski definition) is 5. The lowest BCUT2D eigenvalue weighted by molar-refractivity contribution is 0.427. The fourth-order valence-electron chi connectivity index (χ4n) is 2.35. The molecule has 0 radical (unpaired) electrons. The number of aromatic nitrogens is 3. The molecule has 0 unspecified atom stereocenters. The third kappa shape index (κ3) is 4.64. The molecule has 1 aromatic heterocycles. The van der Waals surface area contributed by atoms with E-state index < -0.39 is 0 Å². The van der Waals surface area contributed by atoms with Gasteiger partial charge in [0.05, 0.1) is 5.75 Å². The summed E-state index contributed by atoms with van der Waals surface area (Å²) in [5.41, 5.74) is 5.83. The molecule has 1 aromatic rings. The van der Waals surface area contributed by atoms with Crippen molar-refractivity contribution >= 4 is 17.7 Å². The molecule has 0 saturated heterocycles. The van der Waals surface area contributed by atoms with E-state index in [0.717, 1.165) is 17.4 Å². The van der Waals surface area contributed by atoms with Crippen molar-refractivity contribution in [1.82, 2.24) is 15.0 Å². The molecule has 1 heterocycles. The smallest absolute Gasteiger partial charge is 0.223 e. The SMILES string of the molecule is CC(C)(C)SCc1nc(N)nc(C2CCCCC2)n1. The molecule has 0 aliphatic heterocycles. The van der Waals surface area contributed by atoms with Crippen molar-refractivity contribution < 1.29 is 0 Å². The molecule has 106 valence electrons. The summed E-state index contributed by atoms with van der Waals surface area (Å²) in [5.74, 6) is 3.40. The molecule has 5 heteroatoms. The number of nitrogens with two attached hydrogens (primary N) is 1. The predicted molar refractivity (Wildman–Crippen MR) is 81.1 cm³/mol. The lowest BCUT2D eigenvalue weighted by Gasteiger charge is -2.21. The predicted octanol–water partition coefficient (Wildman–Crippen LogP) is 3.53. The minimum Gasteiger partial charge on any atom is -0.368 e. The van der Waals surface area contributed by atoms with E-state index in [1.807, 2.05) is 11.8 Å². The highest BCUT2D eigenvalue weighted by Gasteiger charge is 2.20. The fraction of sp³-hybridized carbons (Fsp3) is 0.786. The highest BCUT2D eigenvalue weighted by Crippen LogP contribution is 2.31. The van der Waals surface area contributed by atoms with Crippen molar-refractivity contribution in [3.8, 4) is 0 Å². The first kappa shape index (κ1) is 14.6. The van der Waals surface area contributed by atoms with Gasteiger partial charge in [0.2, 0.25) is 5.95 Å². The zero-order valence-corrected chi connectivity index (χ0v) is 13.0. The summed E-state index contributed by atoms with van der Waals surface area (Å²) in [7, 11) is 0. The maximum Gasteiger partial charge on any atom is 0.223 e. The van der Waals surface area contributed by atoms with Gasteiger partial charge in [-0.05, 0) is 12.8 Å². The van der Waals surface area contributed by atoms with Gasteiger partial charge >= 0.3 is 0 Å². The third-order valence-corrected chi connectivity index (χ3v) is 4.59. The zero-order valence-electron chi connectivity index (χ0n) is 12.1. The Morgan fingerprint density at radius 3 is 2.42 bits per heavy atom. The van der Waals surface area contributed by atoms with Crippen LogP contribution in [0.2, 0.25) is 0 Å². The quantitative estimate of drug-likeness (QED) is 0.917. The molecule has 0 bridgehead atoms. The van der Waals surface area contributed by atoms with Gasteiger partial charge in [-0.3, -0.25) is 0 Å². The highest BCUT2D eigenvalue weighted by molar-refractivity contribution is 7.99. The monoisotopic (exact) mass is 280 g/mol. The summed E-state index contributed by atoms with van der Waals surface area (Å²) in [6, 6.07) is 0. The van der Waals surface area contributed by atoms with E-state index in [4.69, 9.17) is 5.73 Å². The molecule has 1 aliphatic rings. The topological polar surface area (TPSA) is 64.7 Å². The third-order valence-electron chi connectivity index (χ3n) is 3.32. The first-order chi connectivity index (χ1) is 8.94. The minimum atomic E-state index is 0.215. The Hall–Kier alpha value is -0.840. The van der Waals surface area contributed by atoms with Crippen molar-refractivity contribution in [2.24, 2.45) is 0 Å². The van der Waals surface area contributed by atoms with Crippen LogP contribution in [0.5, 0.6) is 0 Å². The normalized spacial score (nSPS) is 17.6. The Morgan fingerprint density at radius 2 is 1.79 bits per heavy atom. The second-order valence-electron chi connectivity index (χ2n) is 6.20. The van der Waals surface area contributed by atoms with Crippen LogP contribution in [0, 0.1) is 0 Å². The molecule has 0 amide bonds. The Morgan fingerprint density at radius 1 is 1.11 bits per heavy atom. The molecule has 19 heavy (non-hydrogen) atoms. The molecule has 2 rings (SSSR count). The van der Waals surface area contributed by atoms with Crippen LogP contribution >= 0.6 is 11.8 Å². The maximum atomic E-state index is 5.83. The molecule has 2 N–H and O–H groups in total. The number of nitrogens with zero attached hydrogens (tertiary/aromatic N) is 3. The van der Waals surface area contributed by atoms with Crippen LogP contribution in [0.4, 0.5) is 5.95 Å². The fourth-order valence-corrected chi connectivity index (χ4v) is 3.04. The number of rotatable bonds is 3. The van der Waals surface area contributed by atoms with Crippen molar-refractivity contribution in [3.05, 3.63) is 11.6 Å². The Labute approximate surface area is 120 Å². The second kappa shape index (κ2) is 6.07. The van der Waals surface area contributed by atoms with E-state index in [-0.39, 0.29) is 4.75 Å². The van der Waals surface area contributed by atoms with Crippen LogP contribution in [-0.4, -0.2) is 19.7 Å².